The number of carboxylic acid groups (broad SMARTS) is 1. The number of alkyl carbamates (subject to hydrolysis) is 1. The second kappa shape index (κ2) is 11.0. The average molecular weight is 546 g/mol. The summed E-state index contributed by atoms with van der Waals surface area (Å²) in [5.41, 5.74) is 1.73. The number of sulfonamides is 1. The zero-order valence-corrected chi connectivity index (χ0v) is 23.0. The fourth-order valence-electron chi connectivity index (χ4n) is 3.98. The number of nitrogens with one attached hydrogen (secondary N) is 1. The van der Waals surface area contributed by atoms with Crippen molar-refractivity contribution in [2.45, 2.75) is 44.7 Å². The first-order valence-electron chi connectivity index (χ1n) is 11.8. The Morgan fingerprint density at radius 1 is 1.16 bits per heavy atom. The van der Waals surface area contributed by atoms with E-state index in [0.29, 0.717) is 27.7 Å². The van der Waals surface area contributed by atoms with Gasteiger partial charge in [-0.2, -0.15) is 0 Å². The minimum absolute atomic E-state index is 0.0559. The van der Waals surface area contributed by atoms with Gasteiger partial charge in [-0.05, 0) is 69.7 Å². The summed E-state index contributed by atoms with van der Waals surface area (Å²) in [6.07, 6.45) is 0.560. The summed E-state index contributed by atoms with van der Waals surface area (Å²) in [6, 6.07) is 10.9. The van der Waals surface area contributed by atoms with E-state index in [4.69, 9.17) is 4.74 Å². The third kappa shape index (κ3) is 6.40. The van der Waals surface area contributed by atoms with Crippen molar-refractivity contribution < 1.29 is 32.2 Å². The topological polar surface area (TPSA) is 118 Å². The van der Waals surface area contributed by atoms with Gasteiger partial charge in [-0.15, -0.1) is 0 Å². The Morgan fingerprint density at radius 3 is 2.45 bits per heavy atom. The van der Waals surface area contributed by atoms with E-state index in [-0.39, 0.29) is 23.5 Å². The van der Waals surface area contributed by atoms with Gasteiger partial charge in [-0.25, -0.2) is 26.7 Å². The summed E-state index contributed by atoms with van der Waals surface area (Å²) in [6.45, 7) is 6.66. The number of hydrogen-bond donors (Lipinski definition) is 2. The summed E-state index contributed by atoms with van der Waals surface area (Å²) in [5.74, 6) is -1.63. The van der Waals surface area contributed by atoms with Gasteiger partial charge in [-0.3, -0.25) is 0 Å². The number of nitrogens with zero attached hydrogens (tertiary/aromatic N) is 2. The van der Waals surface area contributed by atoms with Crippen molar-refractivity contribution in [1.82, 2.24) is 14.2 Å². The molecule has 3 aromatic rings. The third-order valence-electron chi connectivity index (χ3n) is 5.75. The number of carbonyl (C=O) groups is 2. The Hall–Kier alpha value is -3.70. The van der Waals surface area contributed by atoms with Crippen LogP contribution >= 0.6 is 0 Å². The van der Waals surface area contributed by atoms with Crippen LogP contribution < -0.4 is 5.32 Å². The number of fused-ring (bicyclic) bond motifs is 1. The van der Waals surface area contributed by atoms with Crippen LogP contribution in [0.4, 0.5) is 9.18 Å². The maximum Gasteiger partial charge on any atom is 0.407 e. The number of carbonyl (C=O) groups excluding carboxylic acids is 1. The van der Waals surface area contributed by atoms with E-state index in [9.17, 15) is 23.1 Å². The number of allylic oxidation sites excluding steroid dienone is 1. The molecule has 9 nitrogen and oxygen atoms in total. The van der Waals surface area contributed by atoms with Crippen molar-refractivity contribution in [2.24, 2.45) is 0 Å². The molecule has 1 amide bonds. The molecule has 0 saturated heterocycles. The summed E-state index contributed by atoms with van der Waals surface area (Å²) < 4.78 is 48.6. The monoisotopic (exact) mass is 545 g/mol. The molecule has 11 heteroatoms. The Kier molecular flexibility index (Phi) is 8.33. The summed E-state index contributed by atoms with van der Waals surface area (Å²) in [4.78, 5) is 23.5. The second-order valence-electron chi connectivity index (χ2n) is 9.93. The molecule has 0 bridgehead atoms. The number of aromatic nitrogens is 1. The summed E-state index contributed by atoms with van der Waals surface area (Å²) in [5, 5.41) is 12.5. The SMILES string of the molecule is Cc1c(-c2cccc(C(=O)O)c2)c2cc(S(=O)(=O)N(C)C)ccc2n1C/C(F)=C/CNC(=O)OC(C)(C)C. The molecule has 38 heavy (non-hydrogen) atoms. The predicted octanol–water partition coefficient (Wildman–Crippen LogP) is 4.94. The number of halogens is 1. The van der Waals surface area contributed by atoms with Crippen LogP contribution in [-0.2, 0) is 21.3 Å². The van der Waals surface area contributed by atoms with E-state index in [1.54, 1.807) is 50.5 Å². The highest BCUT2D eigenvalue weighted by molar-refractivity contribution is 7.89. The van der Waals surface area contributed by atoms with E-state index in [0.717, 1.165) is 4.31 Å². The number of hydrogen-bond acceptors (Lipinski definition) is 5. The van der Waals surface area contributed by atoms with E-state index < -0.39 is 33.5 Å². The van der Waals surface area contributed by atoms with Crippen LogP contribution in [0.25, 0.3) is 22.0 Å². The first kappa shape index (κ1) is 28.9. The number of aromatic carboxylic acids is 1. The van der Waals surface area contributed by atoms with Crippen LogP contribution in [0.3, 0.4) is 0 Å². The minimum atomic E-state index is -3.76. The molecule has 0 aliphatic heterocycles. The molecule has 0 atom stereocenters. The smallest absolute Gasteiger partial charge is 0.407 e. The van der Waals surface area contributed by atoms with Crippen LogP contribution in [0.5, 0.6) is 0 Å². The number of amides is 1. The van der Waals surface area contributed by atoms with Crippen LogP contribution in [0.2, 0.25) is 0 Å². The van der Waals surface area contributed by atoms with E-state index in [1.165, 1.54) is 44.4 Å². The van der Waals surface area contributed by atoms with Gasteiger partial charge < -0.3 is 19.7 Å². The molecule has 204 valence electrons. The fraction of sp³-hybridized carbons (Fsp3) is 0.333. The van der Waals surface area contributed by atoms with Crippen molar-refractivity contribution in [3.05, 3.63) is 65.6 Å². The first-order chi connectivity index (χ1) is 17.6. The molecular formula is C27H32FN3O6S. The molecule has 2 N–H and O–H groups in total. The third-order valence-corrected chi connectivity index (χ3v) is 7.56. The zero-order valence-electron chi connectivity index (χ0n) is 22.2. The van der Waals surface area contributed by atoms with Gasteiger partial charge in [0.05, 0.1) is 17.0 Å². The Bertz CT molecular complexity index is 1520. The highest BCUT2D eigenvalue weighted by atomic mass is 32.2. The van der Waals surface area contributed by atoms with Crippen molar-refractivity contribution in [3.63, 3.8) is 0 Å². The van der Waals surface area contributed by atoms with Gasteiger partial charge >= 0.3 is 12.1 Å². The number of rotatable bonds is 8. The number of benzene rings is 2. The molecule has 3 rings (SSSR count). The Morgan fingerprint density at radius 2 is 1.84 bits per heavy atom. The van der Waals surface area contributed by atoms with Gasteiger partial charge in [0, 0.05) is 42.8 Å². The molecule has 0 aliphatic carbocycles. The van der Waals surface area contributed by atoms with Gasteiger partial charge in [0.1, 0.15) is 11.4 Å². The highest BCUT2D eigenvalue weighted by Crippen LogP contribution is 2.37. The molecule has 2 aromatic carbocycles. The van der Waals surface area contributed by atoms with Crippen LogP contribution in [0.1, 0.15) is 36.8 Å². The number of ether oxygens (including phenoxy) is 1. The van der Waals surface area contributed by atoms with Crippen molar-refractivity contribution in [1.29, 1.82) is 0 Å². The first-order valence-corrected chi connectivity index (χ1v) is 13.3. The van der Waals surface area contributed by atoms with E-state index in [1.807, 2.05) is 0 Å². The molecule has 1 aromatic heterocycles. The highest BCUT2D eigenvalue weighted by Gasteiger charge is 2.23. The normalized spacial score (nSPS) is 12.7. The molecule has 0 saturated carbocycles. The molecule has 1 heterocycles. The lowest BCUT2D eigenvalue weighted by molar-refractivity contribution is 0.0533. The van der Waals surface area contributed by atoms with Crippen LogP contribution in [0, 0.1) is 6.92 Å². The fourth-order valence-corrected chi connectivity index (χ4v) is 4.91. The standard InChI is InChI=1S/C27H32FN3O6S/c1-17-24(18-8-7-9-19(14-18)25(32)33)22-15-21(38(35,36)30(5)6)10-11-23(22)31(17)16-20(28)12-13-29-26(34)37-27(2,3)4/h7-12,14-15H,13,16H2,1-6H3,(H,29,34)(H,32,33)/b20-12-. The molecule has 0 aliphatic rings. The molecule has 0 unspecified atom stereocenters. The van der Waals surface area contributed by atoms with Gasteiger partial charge in [0.25, 0.3) is 0 Å². The lowest BCUT2D eigenvalue weighted by atomic mass is 10.0. The van der Waals surface area contributed by atoms with Crippen molar-refractivity contribution in [3.8, 4) is 11.1 Å². The lowest BCUT2D eigenvalue weighted by Crippen LogP contribution is -2.32. The molecular weight excluding hydrogens is 513 g/mol. The largest absolute Gasteiger partial charge is 0.478 e. The van der Waals surface area contributed by atoms with E-state index >= 15 is 4.39 Å². The lowest BCUT2D eigenvalue weighted by Gasteiger charge is -2.19. The molecule has 0 fully saturated rings. The average Bonchev–Trinajstić information content (AvgIpc) is 3.08. The van der Waals surface area contributed by atoms with E-state index in [2.05, 4.69) is 5.32 Å². The molecule has 0 spiro atoms. The second-order valence-corrected chi connectivity index (χ2v) is 12.1. The van der Waals surface area contributed by atoms with Crippen molar-refractivity contribution in [2.75, 3.05) is 20.6 Å². The minimum Gasteiger partial charge on any atom is -0.478 e. The summed E-state index contributed by atoms with van der Waals surface area (Å²) >= 11 is 0. The van der Waals surface area contributed by atoms with Crippen LogP contribution in [0.15, 0.2) is 59.3 Å². The Labute approximate surface area is 221 Å². The maximum atomic E-state index is 15.0. The molecule has 0 radical (unpaired) electrons. The van der Waals surface area contributed by atoms with Gasteiger partial charge in [-0.1, -0.05) is 12.1 Å². The quantitative estimate of drug-likeness (QED) is 0.414. The zero-order chi connectivity index (χ0) is 28.4. The Balaban J connectivity index is 2.08. The van der Waals surface area contributed by atoms with Crippen molar-refractivity contribution >= 4 is 33.0 Å². The predicted molar refractivity (Wildman–Crippen MR) is 143 cm³/mol. The maximum absolute atomic E-state index is 15.0. The summed E-state index contributed by atoms with van der Waals surface area (Å²) in [7, 11) is -0.898. The number of carboxylic acids is 1. The van der Waals surface area contributed by atoms with Gasteiger partial charge in [0.2, 0.25) is 10.0 Å². The van der Waals surface area contributed by atoms with Crippen LogP contribution in [-0.4, -0.2) is 60.7 Å². The van der Waals surface area contributed by atoms with Gasteiger partial charge in [0.15, 0.2) is 0 Å².